The maximum Gasteiger partial charge on any atom is 0.421 e. The lowest BCUT2D eigenvalue weighted by molar-refractivity contribution is -0.139. The zero-order valence-electron chi connectivity index (χ0n) is 23.7. The number of halogens is 4. The minimum atomic E-state index is -4.88. The topological polar surface area (TPSA) is 89.6 Å². The highest BCUT2D eigenvalue weighted by Crippen LogP contribution is 2.40. The Hall–Kier alpha value is -3.96. The fraction of sp³-hybridized carbons (Fsp3) is 0.517. The molecule has 2 fully saturated rings. The number of likely N-dealkylation sites (N-methyl/N-ethyl adjacent to an activating group) is 1. The smallest absolute Gasteiger partial charge is 0.421 e. The molecule has 1 unspecified atom stereocenters. The molecule has 3 atom stereocenters. The SMILES string of the molecule is [C-]#[N+]CC1CN(c2nc(OC[C@H]3C[C@H](O)CN3C)nc3c2CCN(c2cccc(F)c2C(F)(F)F)C3)CCN1C(=O)C=C. The Balaban J connectivity index is 1.49. The van der Waals surface area contributed by atoms with E-state index in [1.807, 2.05) is 16.8 Å². The van der Waals surface area contributed by atoms with Crippen molar-refractivity contribution < 1.29 is 32.2 Å². The molecule has 1 amide bonds. The molecule has 2 aromatic rings. The van der Waals surface area contributed by atoms with E-state index in [0.717, 1.165) is 11.6 Å². The summed E-state index contributed by atoms with van der Waals surface area (Å²) < 4.78 is 62.0. The van der Waals surface area contributed by atoms with Crippen LogP contribution in [0.4, 0.5) is 29.1 Å². The summed E-state index contributed by atoms with van der Waals surface area (Å²) >= 11 is 0. The summed E-state index contributed by atoms with van der Waals surface area (Å²) in [5, 5.41) is 10.0. The minimum Gasteiger partial charge on any atom is -0.462 e. The number of aliphatic hydroxyl groups is 1. The lowest BCUT2D eigenvalue weighted by Gasteiger charge is -2.41. The average molecular weight is 604 g/mol. The summed E-state index contributed by atoms with van der Waals surface area (Å²) in [5.41, 5.74) is -0.408. The summed E-state index contributed by atoms with van der Waals surface area (Å²) in [6, 6.07) is 2.84. The van der Waals surface area contributed by atoms with Gasteiger partial charge in [0.05, 0.1) is 24.0 Å². The minimum absolute atomic E-state index is 0.0316. The molecule has 1 aromatic carbocycles. The van der Waals surface area contributed by atoms with Crippen molar-refractivity contribution in [2.24, 2.45) is 0 Å². The standard InChI is InChI=1S/C29H33F4N7O3/c1-4-25(42)40-11-10-39(14-19(40)13-34-2)27-21-8-9-38(24-7-5-6-22(30)26(24)29(31,32)33)16-23(21)35-28(36-27)43-17-18-12-20(41)15-37(18)3/h4-7,18-20,41H,1,8-17H2,3H3/t18-,19?,20+/m1/s1. The zero-order chi connectivity index (χ0) is 30.9. The molecule has 43 heavy (non-hydrogen) atoms. The van der Waals surface area contributed by atoms with Gasteiger partial charge in [-0.05, 0) is 38.1 Å². The van der Waals surface area contributed by atoms with E-state index in [9.17, 15) is 27.5 Å². The molecule has 0 radical (unpaired) electrons. The third kappa shape index (κ3) is 6.37. The van der Waals surface area contributed by atoms with Gasteiger partial charge in [-0.15, -0.1) is 0 Å². The second kappa shape index (κ2) is 12.3. The molecule has 10 nitrogen and oxygen atoms in total. The van der Waals surface area contributed by atoms with E-state index >= 15 is 0 Å². The lowest BCUT2D eigenvalue weighted by Crippen LogP contribution is -2.56. The van der Waals surface area contributed by atoms with Crippen molar-refractivity contribution in [3.8, 4) is 6.01 Å². The molecular formula is C29H33F4N7O3. The van der Waals surface area contributed by atoms with Crippen LogP contribution >= 0.6 is 0 Å². The number of β-amino-alcohol motifs (C(OH)–C–C–N with tert-alkyl or cyclic N) is 1. The third-order valence-electron chi connectivity index (χ3n) is 8.25. The number of aromatic nitrogens is 2. The Morgan fingerprint density at radius 2 is 2.00 bits per heavy atom. The fourth-order valence-electron chi connectivity index (χ4n) is 6.11. The highest BCUT2D eigenvalue weighted by molar-refractivity contribution is 5.87. The number of piperazine rings is 1. The number of rotatable bonds is 7. The van der Waals surface area contributed by atoms with Gasteiger partial charge in [-0.2, -0.15) is 23.1 Å². The monoisotopic (exact) mass is 603 g/mol. The number of nitrogens with zero attached hydrogens (tertiary/aromatic N) is 7. The average Bonchev–Trinajstić information content (AvgIpc) is 3.30. The van der Waals surface area contributed by atoms with E-state index in [1.54, 1.807) is 4.90 Å². The van der Waals surface area contributed by atoms with E-state index in [0.29, 0.717) is 44.1 Å². The molecule has 1 aromatic heterocycles. The van der Waals surface area contributed by atoms with E-state index < -0.39 is 29.7 Å². The Morgan fingerprint density at radius 1 is 1.21 bits per heavy atom. The number of ether oxygens (including phenoxy) is 1. The molecular weight excluding hydrogens is 570 g/mol. The van der Waals surface area contributed by atoms with Gasteiger partial charge >= 0.3 is 12.2 Å². The van der Waals surface area contributed by atoms with Gasteiger partial charge in [-0.1, -0.05) is 12.6 Å². The van der Waals surface area contributed by atoms with Crippen LogP contribution in [0.3, 0.4) is 0 Å². The molecule has 1 N–H and O–H groups in total. The Morgan fingerprint density at radius 3 is 2.67 bits per heavy atom. The Bertz CT molecular complexity index is 1420. The summed E-state index contributed by atoms with van der Waals surface area (Å²) in [4.78, 5) is 32.3. The molecule has 3 aliphatic heterocycles. The van der Waals surface area contributed by atoms with Crippen LogP contribution in [0.5, 0.6) is 6.01 Å². The normalized spacial score (nSPS) is 22.7. The van der Waals surface area contributed by atoms with Gasteiger partial charge in [0.2, 0.25) is 12.5 Å². The summed E-state index contributed by atoms with van der Waals surface area (Å²) in [5.74, 6) is -1.07. The zero-order valence-corrected chi connectivity index (χ0v) is 23.7. The molecule has 3 aliphatic rings. The maximum atomic E-state index is 14.4. The van der Waals surface area contributed by atoms with Crippen molar-refractivity contribution in [1.29, 1.82) is 0 Å². The van der Waals surface area contributed by atoms with Gasteiger partial charge in [-0.25, -0.2) is 11.0 Å². The number of benzene rings is 1. The molecule has 5 rings (SSSR count). The summed E-state index contributed by atoms with van der Waals surface area (Å²) in [6.07, 6.45) is -3.34. The van der Waals surface area contributed by atoms with Crippen molar-refractivity contribution in [1.82, 2.24) is 19.8 Å². The maximum absolute atomic E-state index is 14.4. The number of carbonyl (C=O) groups excluding carboxylic acids is 1. The first-order valence-corrected chi connectivity index (χ1v) is 14.0. The van der Waals surface area contributed by atoms with E-state index in [2.05, 4.69) is 16.4 Å². The fourth-order valence-corrected chi connectivity index (χ4v) is 6.11. The van der Waals surface area contributed by atoms with Crippen LogP contribution in [0.2, 0.25) is 0 Å². The number of alkyl halides is 3. The molecule has 4 heterocycles. The summed E-state index contributed by atoms with van der Waals surface area (Å²) in [6.45, 7) is 12.9. The van der Waals surface area contributed by atoms with E-state index in [-0.39, 0.29) is 56.3 Å². The van der Waals surface area contributed by atoms with Crippen LogP contribution in [0.15, 0.2) is 30.9 Å². The van der Waals surface area contributed by atoms with Gasteiger partial charge in [0, 0.05) is 44.3 Å². The second-order valence-electron chi connectivity index (χ2n) is 11.0. The van der Waals surface area contributed by atoms with Crippen LogP contribution < -0.4 is 14.5 Å². The first-order chi connectivity index (χ1) is 20.5. The third-order valence-corrected chi connectivity index (χ3v) is 8.25. The van der Waals surface area contributed by atoms with Crippen molar-refractivity contribution >= 4 is 17.4 Å². The van der Waals surface area contributed by atoms with Crippen molar-refractivity contribution in [3.05, 3.63) is 64.9 Å². The molecule has 14 heteroatoms. The van der Waals surface area contributed by atoms with Crippen molar-refractivity contribution in [2.45, 2.75) is 43.8 Å². The second-order valence-corrected chi connectivity index (χ2v) is 11.0. The molecule has 0 saturated carbocycles. The van der Waals surface area contributed by atoms with Crippen molar-refractivity contribution in [3.63, 3.8) is 0 Å². The number of aliphatic hydroxyl groups excluding tert-OH is 1. The van der Waals surface area contributed by atoms with Crippen molar-refractivity contribution in [2.75, 3.05) is 62.7 Å². The summed E-state index contributed by atoms with van der Waals surface area (Å²) in [7, 11) is 1.88. The van der Waals surface area contributed by atoms with Gasteiger partial charge in [0.25, 0.3) is 0 Å². The van der Waals surface area contributed by atoms with Crippen LogP contribution in [-0.2, 0) is 23.9 Å². The molecule has 230 valence electrons. The molecule has 0 spiro atoms. The predicted octanol–water partition coefficient (Wildman–Crippen LogP) is 2.76. The Labute approximate surface area is 247 Å². The number of amides is 1. The Kier molecular flexibility index (Phi) is 8.75. The van der Waals surface area contributed by atoms with Gasteiger partial charge in [0.1, 0.15) is 29.8 Å². The number of likely N-dealkylation sites (tertiary alicyclic amines) is 1. The molecule has 0 bridgehead atoms. The first-order valence-electron chi connectivity index (χ1n) is 14.0. The largest absolute Gasteiger partial charge is 0.462 e. The van der Waals surface area contributed by atoms with Crippen LogP contribution in [0.1, 0.15) is 23.2 Å². The highest BCUT2D eigenvalue weighted by atomic mass is 19.4. The number of anilines is 2. The molecule has 0 aliphatic carbocycles. The van der Waals surface area contributed by atoms with E-state index in [4.69, 9.17) is 16.3 Å². The lowest BCUT2D eigenvalue weighted by atomic mass is 10.0. The van der Waals surface area contributed by atoms with Crippen LogP contribution in [-0.4, -0.2) is 102 Å². The predicted molar refractivity (Wildman–Crippen MR) is 150 cm³/mol. The van der Waals surface area contributed by atoms with Crippen LogP contribution in [0.25, 0.3) is 4.85 Å². The number of hydrogen-bond acceptors (Lipinski definition) is 8. The van der Waals surface area contributed by atoms with Gasteiger partial charge in [-0.3, -0.25) is 9.69 Å². The number of hydrogen-bond donors (Lipinski definition) is 1. The first kappa shape index (κ1) is 30.5. The highest BCUT2D eigenvalue weighted by Gasteiger charge is 2.40. The van der Waals surface area contributed by atoms with E-state index in [1.165, 1.54) is 23.1 Å². The quantitative estimate of drug-likeness (QED) is 0.294. The van der Waals surface area contributed by atoms with Gasteiger partial charge in [0.15, 0.2) is 0 Å². The number of carbonyl (C=O) groups is 1. The van der Waals surface area contributed by atoms with Crippen LogP contribution in [0, 0.1) is 12.4 Å². The molecule has 2 saturated heterocycles. The number of fused-ring (bicyclic) bond motifs is 1. The van der Waals surface area contributed by atoms with Gasteiger partial charge < -0.3 is 29.4 Å².